The highest BCUT2D eigenvalue weighted by Gasteiger charge is 2.18. The number of hydrogen-bond donors (Lipinski definition) is 1. The van der Waals surface area contributed by atoms with Crippen molar-refractivity contribution in [3.8, 4) is 0 Å². The topological polar surface area (TPSA) is 62.3 Å². The van der Waals surface area contributed by atoms with Gasteiger partial charge in [0.1, 0.15) is 0 Å². The Balaban J connectivity index is 1.58. The maximum atomic E-state index is 12.9. The number of carbonyl (C=O) groups is 2. The van der Waals surface area contributed by atoms with Crippen molar-refractivity contribution in [2.24, 2.45) is 5.92 Å². The molecule has 2 amide bonds. The van der Waals surface area contributed by atoms with Crippen LogP contribution in [0.3, 0.4) is 0 Å². The summed E-state index contributed by atoms with van der Waals surface area (Å²) in [5, 5.41) is 4.25. The maximum absolute atomic E-state index is 12.9. The molecule has 0 saturated heterocycles. The smallest absolute Gasteiger partial charge is 0.317 e. The van der Waals surface area contributed by atoms with Crippen LogP contribution in [-0.4, -0.2) is 39.9 Å². The van der Waals surface area contributed by atoms with Gasteiger partial charge in [0, 0.05) is 43.9 Å². The first kappa shape index (κ1) is 21.6. The fraction of sp³-hybridized carbons (Fsp3) is 0.522. The summed E-state index contributed by atoms with van der Waals surface area (Å²) in [5.74, 6) is 1.37. The number of amides is 2. The van der Waals surface area contributed by atoms with E-state index in [2.05, 4.69) is 10.3 Å². The highest BCUT2D eigenvalue weighted by molar-refractivity contribution is 8.13. The predicted molar refractivity (Wildman–Crippen MR) is 120 cm³/mol. The van der Waals surface area contributed by atoms with Crippen molar-refractivity contribution in [1.29, 1.82) is 0 Å². The molecular formula is C23H31N3O2S. The van der Waals surface area contributed by atoms with E-state index in [1.807, 2.05) is 35.2 Å². The van der Waals surface area contributed by atoms with Crippen molar-refractivity contribution in [3.05, 3.63) is 42.1 Å². The van der Waals surface area contributed by atoms with Crippen LogP contribution in [0.5, 0.6) is 0 Å². The Hall–Kier alpha value is -2.08. The third-order valence-electron chi connectivity index (χ3n) is 5.66. The second kappa shape index (κ2) is 11.2. The lowest BCUT2D eigenvalue weighted by molar-refractivity contribution is -0.109. The van der Waals surface area contributed by atoms with Gasteiger partial charge in [-0.05, 0) is 30.0 Å². The van der Waals surface area contributed by atoms with Gasteiger partial charge in [-0.25, -0.2) is 4.79 Å². The molecule has 0 spiro atoms. The van der Waals surface area contributed by atoms with Crippen molar-refractivity contribution in [1.82, 2.24) is 15.2 Å². The number of aromatic nitrogens is 1. The van der Waals surface area contributed by atoms with Gasteiger partial charge in [0.15, 0.2) is 5.12 Å². The number of rotatable bonds is 8. The third-order valence-corrected chi connectivity index (χ3v) is 6.45. The molecular weight excluding hydrogens is 382 g/mol. The number of para-hydroxylation sites is 1. The van der Waals surface area contributed by atoms with Gasteiger partial charge >= 0.3 is 6.03 Å². The Labute approximate surface area is 177 Å². The predicted octanol–water partition coefficient (Wildman–Crippen LogP) is 5.00. The molecule has 1 saturated carbocycles. The minimum Gasteiger partial charge on any atom is -0.334 e. The maximum Gasteiger partial charge on any atom is 0.317 e. The van der Waals surface area contributed by atoms with Crippen molar-refractivity contribution in [2.45, 2.75) is 52.0 Å². The van der Waals surface area contributed by atoms with Crippen LogP contribution in [0.2, 0.25) is 0 Å². The minimum atomic E-state index is -0.0501. The number of thioether (sulfide) groups is 1. The first-order chi connectivity index (χ1) is 14.1. The first-order valence-corrected chi connectivity index (χ1v) is 11.6. The molecule has 1 aromatic heterocycles. The summed E-state index contributed by atoms with van der Waals surface area (Å²) < 4.78 is 0. The molecule has 1 aliphatic carbocycles. The normalized spacial score (nSPS) is 14.7. The highest BCUT2D eigenvalue weighted by Crippen LogP contribution is 2.26. The zero-order chi connectivity index (χ0) is 20.5. The molecule has 1 aromatic carbocycles. The van der Waals surface area contributed by atoms with Crippen LogP contribution in [0, 0.1) is 5.92 Å². The van der Waals surface area contributed by atoms with Gasteiger partial charge in [-0.15, -0.1) is 0 Å². The van der Waals surface area contributed by atoms with Gasteiger partial charge in [0.05, 0.1) is 5.52 Å². The Morgan fingerprint density at radius 3 is 2.72 bits per heavy atom. The second-order valence-electron chi connectivity index (χ2n) is 7.77. The standard InChI is InChI=1S/C23H31N3O2S/c1-18(27)29-16-15-26(14-12-19-7-3-2-4-8-19)23(28)25-17-20-11-13-24-22-10-6-5-9-21(20)22/h5-6,9-11,13,19H,2-4,7-8,12,14-17H2,1H3,(H,25,28). The van der Waals surface area contributed by atoms with Crippen LogP contribution in [0.25, 0.3) is 10.9 Å². The molecule has 3 rings (SSSR count). The summed E-state index contributed by atoms with van der Waals surface area (Å²) in [4.78, 5) is 30.4. The Morgan fingerprint density at radius 1 is 1.14 bits per heavy atom. The number of pyridine rings is 1. The van der Waals surface area contributed by atoms with Gasteiger partial charge in [-0.1, -0.05) is 62.1 Å². The van der Waals surface area contributed by atoms with Gasteiger partial charge in [-0.2, -0.15) is 0 Å². The minimum absolute atomic E-state index is 0.0501. The molecule has 1 N–H and O–H groups in total. The van der Waals surface area contributed by atoms with Crippen LogP contribution in [0.1, 0.15) is 51.0 Å². The molecule has 1 fully saturated rings. The quantitative estimate of drug-likeness (QED) is 0.662. The average Bonchev–Trinajstić information content (AvgIpc) is 2.75. The van der Waals surface area contributed by atoms with E-state index in [4.69, 9.17) is 0 Å². The van der Waals surface area contributed by atoms with E-state index in [0.717, 1.165) is 35.3 Å². The van der Waals surface area contributed by atoms with Crippen LogP contribution in [0.15, 0.2) is 36.5 Å². The molecule has 0 unspecified atom stereocenters. The number of nitrogens with one attached hydrogen (secondary N) is 1. The van der Waals surface area contributed by atoms with Gasteiger partial charge in [0.2, 0.25) is 0 Å². The molecule has 2 aromatic rings. The Bertz CT molecular complexity index is 815. The van der Waals surface area contributed by atoms with E-state index >= 15 is 0 Å². The molecule has 29 heavy (non-hydrogen) atoms. The average molecular weight is 414 g/mol. The molecule has 1 heterocycles. The van der Waals surface area contributed by atoms with E-state index < -0.39 is 0 Å². The number of hydrogen-bond acceptors (Lipinski definition) is 4. The van der Waals surface area contributed by atoms with Crippen molar-refractivity contribution in [2.75, 3.05) is 18.8 Å². The Morgan fingerprint density at radius 2 is 1.93 bits per heavy atom. The molecule has 156 valence electrons. The fourth-order valence-electron chi connectivity index (χ4n) is 4.02. The molecule has 0 atom stereocenters. The summed E-state index contributed by atoms with van der Waals surface area (Å²) in [6.07, 6.45) is 9.36. The molecule has 5 nitrogen and oxygen atoms in total. The van der Waals surface area contributed by atoms with E-state index in [0.29, 0.717) is 18.8 Å². The summed E-state index contributed by atoms with van der Waals surface area (Å²) in [6, 6.07) is 9.89. The van der Waals surface area contributed by atoms with E-state index in [1.165, 1.54) is 43.9 Å². The number of nitrogens with zero attached hydrogens (tertiary/aromatic N) is 2. The number of carbonyl (C=O) groups excluding carboxylic acids is 2. The van der Waals surface area contributed by atoms with E-state index in [-0.39, 0.29) is 11.1 Å². The number of fused-ring (bicyclic) bond motifs is 1. The van der Waals surface area contributed by atoms with Crippen LogP contribution >= 0.6 is 11.8 Å². The van der Waals surface area contributed by atoms with E-state index in [9.17, 15) is 9.59 Å². The zero-order valence-corrected chi connectivity index (χ0v) is 18.0. The van der Waals surface area contributed by atoms with Gasteiger partial charge in [0.25, 0.3) is 0 Å². The summed E-state index contributed by atoms with van der Waals surface area (Å²) in [5.41, 5.74) is 2.00. The molecule has 0 aliphatic heterocycles. The molecule has 6 heteroatoms. The number of urea groups is 1. The van der Waals surface area contributed by atoms with Crippen molar-refractivity contribution in [3.63, 3.8) is 0 Å². The molecule has 1 aliphatic rings. The van der Waals surface area contributed by atoms with Crippen molar-refractivity contribution >= 4 is 33.8 Å². The summed E-state index contributed by atoms with van der Waals surface area (Å²) in [6.45, 7) is 3.40. The fourth-order valence-corrected chi connectivity index (χ4v) is 4.62. The summed E-state index contributed by atoms with van der Waals surface area (Å²) in [7, 11) is 0. The van der Waals surface area contributed by atoms with Crippen LogP contribution < -0.4 is 5.32 Å². The van der Waals surface area contributed by atoms with Crippen molar-refractivity contribution < 1.29 is 9.59 Å². The second-order valence-corrected chi connectivity index (χ2v) is 9.04. The van der Waals surface area contributed by atoms with Crippen LogP contribution in [0.4, 0.5) is 4.79 Å². The summed E-state index contributed by atoms with van der Waals surface area (Å²) >= 11 is 1.29. The third kappa shape index (κ3) is 6.74. The lowest BCUT2D eigenvalue weighted by Crippen LogP contribution is -2.42. The number of benzene rings is 1. The lowest BCUT2D eigenvalue weighted by atomic mass is 9.87. The monoisotopic (exact) mass is 413 g/mol. The van der Waals surface area contributed by atoms with Crippen LogP contribution in [-0.2, 0) is 11.3 Å². The van der Waals surface area contributed by atoms with E-state index in [1.54, 1.807) is 13.1 Å². The van der Waals surface area contributed by atoms with Gasteiger partial charge < -0.3 is 10.2 Å². The lowest BCUT2D eigenvalue weighted by Gasteiger charge is -2.27. The molecule has 0 radical (unpaired) electrons. The largest absolute Gasteiger partial charge is 0.334 e. The first-order valence-electron chi connectivity index (χ1n) is 10.6. The Kier molecular flexibility index (Phi) is 8.35. The zero-order valence-electron chi connectivity index (χ0n) is 17.2. The highest BCUT2D eigenvalue weighted by atomic mass is 32.2. The van der Waals surface area contributed by atoms with Gasteiger partial charge in [-0.3, -0.25) is 9.78 Å². The SMILES string of the molecule is CC(=O)SCCN(CCC1CCCCC1)C(=O)NCc1ccnc2ccccc12. The molecule has 0 bridgehead atoms.